The van der Waals surface area contributed by atoms with Gasteiger partial charge >= 0.3 is 5.97 Å². The number of ketones is 2. The molecule has 0 aromatic rings. The molecule has 2 saturated heterocycles. The minimum atomic E-state index is -2.89. The molecule has 13 nitrogen and oxygen atoms in total. The van der Waals surface area contributed by atoms with E-state index in [0.29, 0.717) is 29.7 Å². The average Bonchev–Trinajstić information content (AvgIpc) is 3.35. The van der Waals surface area contributed by atoms with E-state index >= 15 is 14.4 Å². The fourth-order valence-corrected chi connectivity index (χ4v) is 13.0. The van der Waals surface area contributed by atoms with Gasteiger partial charge in [0.2, 0.25) is 5.79 Å². The Hall–Kier alpha value is -2.78. The van der Waals surface area contributed by atoms with Gasteiger partial charge in [-0.3, -0.25) is 14.4 Å². The Kier molecular flexibility index (Phi) is 20.2. The maximum atomic E-state index is 15.8. The summed E-state index contributed by atoms with van der Waals surface area (Å²) in [6, 6.07) is -5.18. The number of methoxy groups -OCH3 is 4. The minimum Gasteiger partial charge on any atom is -0.456 e. The maximum Gasteiger partial charge on any atom is 0.329 e. The van der Waals surface area contributed by atoms with E-state index in [-0.39, 0.29) is 66.7 Å². The van der Waals surface area contributed by atoms with Crippen LogP contribution in [-0.4, -0.2) is 128 Å². The first kappa shape index (κ1) is 58.9. The summed E-state index contributed by atoms with van der Waals surface area (Å²) in [5, 5.41) is 12.5. The Morgan fingerprint density at radius 1 is 0.892 bits per heavy atom. The van der Waals surface area contributed by atoms with Crippen LogP contribution in [-0.2, 0) is 52.3 Å². The first-order chi connectivity index (χ1) is 35.4. The number of amides is 1. The van der Waals surface area contributed by atoms with Crippen LogP contribution in [0.5, 0.6) is 0 Å². The topological polar surface area (TPSA) is 156 Å². The Morgan fingerprint density at radius 3 is 2.03 bits per heavy atom. The highest BCUT2D eigenvalue weighted by Crippen LogP contribution is 2.51. The molecule has 0 radical (unpaired) electrons. The fourth-order valence-electron chi connectivity index (χ4n) is 13.0. The van der Waals surface area contributed by atoms with Gasteiger partial charge in [-0.05, 0) is 139 Å². The van der Waals surface area contributed by atoms with E-state index in [4.69, 9.17) is 33.2 Å². The van der Waals surface area contributed by atoms with Crippen molar-refractivity contribution < 1.29 is 61.6 Å². The van der Waals surface area contributed by atoms with Crippen LogP contribution in [0.15, 0.2) is 35.5 Å². The van der Waals surface area contributed by atoms with Gasteiger partial charge in [-0.2, -0.15) is 0 Å². The van der Waals surface area contributed by atoms with Gasteiger partial charge in [0, 0.05) is 60.0 Å². The highest BCUT2D eigenvalue weighted by Gasteiger charge is 2.62. The highest BCUT2D eigenvalue weighted by atomic mass is 16.7. The number of Topliss-reactive ketones (excluding diaryl/α,β-unsaturated/α-hetero) is 2. The van der Waals surface area contributed by atoms with Crippen LogP contribution in [0.25, 0.3) is 0 Å². The second kappa shape index (κ2) is 25.3. The summed E-state index contributed by atoms with van der Waals surface area (Å²) >= 11 is 0. The third-order valence-electron chi connectivity index (χ3n) is 19.7. The van der Waals surface area contributed by atoms with E-state index in [1.54, 1.807) is 48.2 Å². The molecular weight excluding hydrogens is 939 g/mol. The van der Waals surface area contributed by atoms with Crippen LogP contribution in [0, 0.1) is 64.6 Å². The first-order valence-corrected chi connectivity index (χ1v) is 27.7. The number of hydrogen-bond donors (Lipinski definition) is 1. The summed E-state index contributed by atoms with van der Waals surface area (Å²) in [5.41, 5.74) is -0.481. The third kappa shape index (κ3) is 12.1. The fraction of sp³-hybridized carbons (Fsp3) is 0.836. The molecule has 0 aromatic carbocycles. The minimum absolute atomic E-state index is 0.117. The number of carbonyl (C=O) groups excluding carboxylic acids is 4. The molecule has 3 aliphatic heterocycles. The molecule has 19 atom stereocenters. The molecule has 1 amide bonds. The van der Waals surface area contributed by atoms with Crippen LogP contribution in [0.1, 0.15) is 174 Å². The Labute approximate surface area is 452 Å². The Morgan fingerprint density at radius 2 is 1.51 bits per heavy atom. The lowest BCUT2D eigenvalue weighted by molar-refractivity contribution is -0.317. The maximum absolute atomic E-state index is 15.8. The SMILES string of the molecule is [2H]C1(C)C[C@@]2([2H])C(=O)O[C@H](/C(=C/[C@@H]3CC[C@@](C)(OC)[C@](C)(OC(C)C)C3C)C(C)C)[C@H](C)[C@@H](O)CC(=O)[C@H](CC=C)C(C)=C(C)C(C)[C@H](C)C(C)[C@H](OC)[C@H]3O[C@@](OC)(C(=O)C(=O)N2C([2H])(C)C1(C)C)[C@H](CC)C[C@@H]3OC. The Balaban J connectivity index is 2.14. The zero-order valence-electron chi connectivity index (χ0n) is 52.9. The first-order valence-electron chi connectivity index (χ1n) is 29.2. The Bertz CT molecular complexity index is 2190. The van der Waals surface area contributed by atoms with Gasteiger partial charge in [0.1, 0.15) is 24.0 Å². The van der Waals surface area contributed by atoms with Crippen LogP contribution in [0.4, 0.5) is 0 Å². The molecule has 4 rings (SSSR count). The summed E-state index contributed by atoms with van der Waals surface area (Å²) in [5.74, 6) is -11.8. The predicted molar refractivity (Wildman–Crippen MR) is 291 cm³/mol. The van der Waals surface area contributed by atoms with Crippen LogP contribution in [0.2, 0.25) is 0 Å². The molecular formula is C61H103NO12. The van der Waals surface area contributed by atoms with Crippen molar-refractivity contribution in [3.05, 3.63) is 35.5 Å². The molecule has 424 valence electrons. The lowest BCUT2D eigenvalue weighted by atomic mass is 9.62. The van der Waals surface area contributed by atoms with Crippen molar-refractivity contribution in [3.63, 3.8) is 0 Å². The van der Waals surface area contributed by atoms with Crippen LogP contribution < -0.4 is 0 Å². The molecule has 1 saturated carbocycles. The number of rotatable bonds is 12. The zero-order chi connectivity index (χ0) is 59.1. The number of carbonyl (C=O) groups is 4. The monoisotopic (exact) mass is 1040 g/mol. The van der Waals surface area contributed by atoms with Gasteiger partial charge in [0.25, 0.3) is 11.7 Å². The lowest BCUT2D eigenvalue weighted by Gasteiger charge is -2.55. The van der Waals surface area contributed by atoms with Crippen molar-refractivity contribution >= 4 is 23.4 Å². The highest BCUT2D eigenvalue weighted by molar-refractivity contribution is 6.39. The summed E-state index contributed by atoms with van der Waals surface area (Å²) in [6.07, 6.45) is -0.304. The predicted octanol–water partition coefficient (Wildman–Crippen LogP) is 10.9. The summed E-state index contributed by atoms with van der Waals surface area (Å²) < 4.78 is 75.6. The van der Waals surface area contributed by atoms with Crippen molar-refractivity contribution in [1.29, 1.82) is 0 Å². The molecule has 74 heavy (non-hydrogen) atoms. The number of cyclic esters (lactones) is 1. The number of nitrogens with zero attached hydrogens (tertiary/aromatic N) is 1. The summed E-state index contributed by atoms with van der Waals surface area (Å²) in [6.45, 7) is 38.0. The van der Waals surface area contributed by atoms with Gasteiger partial charge in [0.05, 0.1) is 38.4 Å². The largest absolute Gasteiger partial charge is 0.456 e. The van der Waals surface area contributed by atoms with E-state index in [1.165, 1.54) is 21.0 Å². The number of hydrogen-bond acceptors (Lipinski definition) is 12. The number of ether oxygens (including phenoxy) is 7. The van der Waals surface area contributed by atoms with Crippen LogP contribution >= 0.6 is 0 Å². The molecule has 3 fully saturated rings. The second-order valence-electron chi connectivity index (χ2n) is 24.2. The quantitative estimate of drug-likeness (QED) is 0.112. The van der Waals surface area contributed by atoms with Crippen molar-refractivity contribution in [2.75, 3.05) is 28.4 Å². The third-order valence-corrected chi connectivity index (χ3v) is 19.7. The van der Waals surface area contributed by atoms with Gasteiger partial charge in [-0.15, -0.1) is 6.58 Å². The van der Waals surface area contributed by atoms with E-state index in [9.17, 15) is 14.0 Å². The number of aliphatic hydroxyl groups is 1. The normalized spacial score (nSPS) is 45.3. The molecule has 1 N–H and O–H groups in total. The molecule has 0 spiro atoms. The summed E-state index contributed by atoms with van der Waals surface area (Å²) in [4.78, 5) is 62.9. The van der Waals surface area contributed by atoms with Gasteiger partial charge in [-0.1, -0.05) is 99.5 Å². The van der Waals surface area contributed by atoms with Crippen LogP contribution in [0.3, 0.4) is 0 Å². The van der Waals surface area contributed by atoms with Gasteiger partial charge in [0.15, 0.2) is 0 Å². The number of piperidine rings is 1. The van der Waals surface area contributed by atoms with E-state index in [2.05, 4.69) is 47.3 Å². The molecule has 2 bridgehead atoms. The van der Waals surface area contributed by atoms with Crippen molar-refractivity contribution in [2.45, 2.75) is 235 Å². The number of esters is 1. The van der Waals surface area contributed by atoms with E-state index < -0.39 is 113 Å². The average molecular weight is 1050 g/mol. The van der Waals surface area contributed by atoms with E-state index in [1.807, 2.05) is 55.4 Å². The number of fused-ring (bicyclic) bond motifs is 3. The zero-order valence-corrected chi connectivity index (χ0v) is 49.9. The molecule has 0 aromatic heterocycles. The molecule has 5 unspecified atom stereocenters. The molecule has 4 aliphatic rings. The van der Waals surface area contributed by atoms with E-state index in [0.717, 1.165) is 11.1 Å². The van der Waals surface area contributed by atoms with Crippen molar-refractivity contribution in [3.8, 4) is 0 Å². The summed E-state index contributed by atoms with van der Waals surface area (Å²) in [7, 11) is 6.09. The molecule has 1 aliphatic carbocycles. The van der Waals surface area contributed by atoms with Crippen molar-refractivity contribution in [2.24, 2.45) is 64.6 Å². The second-order valence-corrected chi connectivity index (χ2v) is 24.2. The van der Waals surface area contributed by atoms with Gasteiger partial charge < -0.3 is 43.2 Å². The van der Waals surface area contributed by atoms with Crippen molar-refractivity contribution in [1.82, 2.24) is 4.90 Å². The molecule has 13 heteroatoms. The smallest absolute Gasteiger partial charge is 0.329 e. The lowest BCUT2D eigenvalue weighted by Crippen LogP contribution is -2.68. The number of allylic oxidation sites excluding steroid dienone is 4. The number of aliphatic hydroxyl groups excluding tert-OH is 1. The molecule has 3 heterocycles. The standard InChI is InChI=1S/C61H103NO12/c1-24-26-46-39(11)37(9)36(8)38(10)40(12)53(69-21)54-51(68-20)31-45(25-2)61(71-23,74-54)55(65)56(66)62-43(15)58(16,17)35(7)29-48(62)57(67)72-52(41(13)49(63)32-50(46)64)47(33(3)4)30-44-27-28-59(18,70-22)60(19,42(44)14)73-34(5)6/h24,30,33-36,38,40-46,48-49,51-54,63H,1,25-29,31-32H2,2-23H3/b39-37?,47-30+/t35?,36?,38-,40?,41+,42?,43?,44-,45+,46+,48-,49-,51-,52-,53-,54-,59+,60+,61+/m0/s1/i35D,43D,48D. The van der Waals surface area contributed by atoms with Gasteiger partial charge in [-0.25, -0.2) is 4.79 Å².